The Morgan fingerprint density at radius 1 is 0.811 bits per heavy atom. The number of phenolic OH excluding ortho intramolecular Hbond substituents is 1. The minimum Gasteiger partial charge on any atom is -0.508 e. The van der Waals surface area contributed by atoms with E-state index in [1.807, 2.05) is 19.9 Å². The van der Waals surface area contributed by atoms with E-state index in [0.717, 1.165) is 5.57 Å². The van der Waals surface area contributed by atoms with Gasteiger partial charge in [-0.05, 0) is 31.6 Å². The Morgan fingerprint density at radius 2 is 1.35 bits per heavy atom. The van der Waals surface area contributed by atoms with Gasteiger partial charge in [-0.2, -0.15) is 0 Å². The number of methoxy groups -OCH3 is 2. The van der Waals surface area contributed by atoms with Gasteiger partial charge in [0.25, 0.3) is 0 Å². The molecule has 5 rings (SSSR count). The Labute approximate surface area is 216 Å². The van der Waals surface area contributed by atoms with Crippen LogP contribution >= 0.6 is 0 Å². The van der Waals surface area contributed by atoms with Crippen molar-refractivity contribution < 1.29 is 33.8 Å². The summed E-state index contributed by atoms with van der Waals surface area (Å²) in [4.78, 5) is 56.8. The van der Waals surface area contributed by atoms with E-state index < -0.39 is 29.6 Å². The van der Waals surface area contributed by atoms with E-state index in [9.17, 15) is 24.3 Å². The molecular weight excluding hydrogens is 476 g/mol. The molecule has 0 radical (unpaired) electrons. The van der Waals surface area contributed by atoms with Gasteiger partial charge < -0.3 is 14.6 Å². The highest BCUT2D eigenvalue weighted by molar-refractivity contribution is 6.08. The first-order valence-corrected chi connectivity index (χ1v) is 13.1. The zero-order chi connectivity index (χ0) is 26.6. The molecule has 6 unspecified atom stereocenters. The Kier molecular flexibility index (Phi) is 6.50. The van der Waals surface area contributed by atoms with E-state index in [-0.39, 0.29) is 35.3 Å². The lowest BCUT2D eigenvalue weighted by Crippen LogP contribution is -2.43. The number of carbonyl (C=O) groups is 4. The molecule has 9 heteroatoms. The average Bonchev–Trinajstić information content (AvgIpc) is 3.27. The van der Waals surface area contributed by atoms with Crippen molar-refractivity contribution in [2.75, 3.05) is 27.3 Å². The van der Waals surface area contributed by atoms with Gasteiger partial charge in [0.2, 0.25) is 23.6 Å². The molecule has 0 aromatic heterocycles. The number of ether oxygens (including phenoxy) is 2. The predicted octanol–water partition coefficient (Wildman–Crippen LogP) is 2.87. The number of nitrogens with zero attached hydrogens (tertiary/aromatic N) is 2. The summed E-state index contributed by atoms with van der Waals surface area (Å²) in [6.07, 6.45) is 4.07. The number of hydrogen-bond donors (Lipinski definition) is 1. The van der Waals surface area contributed by atoms with Gasteiger partial charge in [-0.15, -0.1) is 0 Å². The Balaban J connectivity index is 1.69. The second kappa shape index (κ2) is 9.50. The molecule has 3 fully saturated rings. The highest BCUT2D eigenvalue weighted by atomic mass is 16.5. The van der Waals surface area contributed by atoms with Gasteiger partial charge in [-0.25, -0.2) is 0 Å². The topological polar surface area (TPSA) is 113 Å². The van der Waals surface area contributed by atoms with Gasteiger partial charge in [0, 0.05) is 36.7 Å². The second-order valence-corrected chi connectivity index (χ2v) is 10.4. The molecule has 0 bridgehead atoms. The Hall–Kier alpha value is -3.36. The van der Waals surface area contributed by atoms with Crippen molar-refractivity contribution in [2.24, 2.45) is 29.6 Å². The lowest BCUT2D eigenvalue weighted by molar-refractivity contribution is -0.142. The highest BCUT2D eigenvalue weighted by Crippen LogP contribution is 2.60. The lowest BCUT2D eigenvalue weighted by atomic mass is 9.57. The SMILES string of the molecule is CCCN1C(=O)C2CC=C3C(CC4C(=O)N(CCC)C(=O)C4C3c3c(OC)cc(O)cc3OC)C2C1=O. The van der Waals surface area contributed by atoms with Crippen LogP contribution in [-0.2, 0) is 19.2 Å². The van der Waals surface area contributed by atoms with Crippen molar-refractivity contribution in [3.05, 3.63) is 29.3 Å². The maximum Gasteiger partial charge on any atom is 0.234 e. The van der Waals surface area contributed by atoms with Gasteiger partial charge in [0.1, 0.15) is 17.2 Å². The number of likely N-dealkylation sites (tertiary alicyclic amines) is 2. The minimum atomic E-state index is -0.676. The summed E-state index contributed by atoms with van der Waals surface area (Å²) in [5.74, 6) is -3.38. The molecule has 2 aliphatic carbocycles. The van der Waals surface area contributed by atoms with E-state index >= 15 is 0 Å². The van der Waals surface area contributed by atoms with Crippen LogP contribution in [0, 0.1) is 29.6 Å². The molecule has 9 nitrogen and oxygen atoms in total. The summed E-state index contributed by atoms with van der Waals surface area (Å²) in [7, 11) is 2.96. The standard InChI is InChI=1S/C28H34N2O7/c1-5-9-29-25(32)16-8-7-15-17(21(16)27(29)34)13-18-23(28(35)30(10-6-2)26(18)33)22(15)24-19(36-3)11-14(31)12-20(24)37-4/h7,11-12,16-18,21-23,31H,5-6,8-10,13H2,1-4H3. The van der Waals surface area contributed by atoms with Crippen LogP contribution in [0.2, 0.25) is 0 Å². The number of hydrogen-bond acceptors (Lipinski definition) is 7. The summed E-state index contributed by atoms with van der Waals surface area (Å²) in [5, 5.41) is 10.3. The summed E-state index contributed by atoms with van der Waals surface area (Å²) in [5.41, 5.74) is 1.46. The summed E-state index contributed by atoms with van der Waals surface area (Å²) in [6.45, 7) is 4.56. The maximum absolute atomic E-state index is 13.8. The van der Waals surface area contributed by atoms with E-state index in [1.165, 1.54) is 36.2 Å². The zero-order valence-corrected chi connectivity index (χ0v) is 21.7. The third-order valence-electron chi connectivity index (χ3n) is 8.57. The van der Waals surface area contributed by atoms with Crippen molar-refractivity contribution in [1.29, 1.82) is 0 Å². The van der Waals surface area contributed by atoms with Gasteiger partial charge >= 0.3 is 0 Å². The number of amides is 4. The fraction of sp³-hybridized carbons (Fsp3) is 0.571. The first kappa shape index (κ1) is 25.3. The van der Waals surface area contributed by atoms with Gasteiger partial charge in [0.15, 0.2) is 0 Å². The van der Waals surface area contributed by atoms with Gasteiger partial charge in [0.05, 0.1) is 37.9 Å². The summed E-state index contributed by atoms with van der Waals surface area (Å²) >= 11 is 0. The van der Waals surface area contributed by atoms with E-state index in [2.05, 4.69) is 0 Å². The number of carbonyl (C=O) groups excluding carboxylic acids is 4. The molecule has 0 spiro atoms. The highest BCUT2D eigenvalue weighted by Gasteiger charge is 2.62. The van der Waals surface area contributed by atoms with Crippen molar-refractivity contribution >= 4 is 23.6 Å². The number of benzene rings is 1. The fourth-order valence-corrected chi connectivity index (χ4v) is 7.16. The molecular formula is C28H34N2O7. The summed E-state index contributed by atoms with van der Waals surface area (Å²) < 4.78 is 11.3. The number of allylic oxidation sites excluding steroid dienone is 2. The first-order chi connectivity index (χ1) is 17.8. The van der Waals surface area contributed by atoms with Crippen molar-refractivity contribution in [3.8, 4) is 17.2 Å². The van der Waals surface area contributed by atoms with Gasteiger partial charge in [-0.3, -0.25) is 29.0 Å². The van der Waals surface area contributed by atoms with Gasteiger partial charge in [-0.1, -0.05) is 25.5 Å². The lowest BCUT2D eigenvalue weighted by Gasteiger charge is -2.44. The molecule has 1 saturated carbocycles. The first-order valence-electron chi connectivity index (χ1n) is 13.1. The normalized spacial score (nSPS) is 30.8. The molecule has 4 amide bonds. The van der Waals surface area contributed by atoms with E-state index in [1.54, 1.807) is 0 Å². The van der Waals surface area contributed by atoms with Crippen LogP contribution in [0.15, 0.2) is 23.8 Å². The van der Waals surface area contributed by atoms with Crippen LogP contribution in [0.3, 0.4) is 0 Å². The molecule has 4 aliphatic rings. The summed E-state index contributed by atoms with van der Waals surface area (Å²) in [6, 6.07) is 2.95. The number of fused-ring (bicyclic) bond motifs is 4. The molecule has 37 heavy (non-hydrogen) atoms. The average molecular weight is 511 g/mol. The number of rotatable bonds is 7. The fourth-order valence-electron chi connectivity index (χ4n) is 7.16. The smallest absolute Gasteiger partial charge is 0.234 e. The van der Waals surface area contributed by atoms with Crippen LogP contribution in [-0.4, -0.2) is 65.8 Å². The molecule has 1 aromatic carbocycles. The minimum absolute atomic E-state index is 0.0488. The Bertz CT molecular complexity index is 1170. The van der Waals surface area contributed by atoms with E-state index in [0.29, 0.717) is 55.8 Å². The van der Waals surface area contributed by atoms with Crippen molar-refractivity contribution in [2.45, 2.75) is 45.4 Å². The van der Waals surface area contributed by atoms with Crippen LogP contribution in [0.5, 0.6) is 17.2 Å². The molecule has 2 aliphatic heterocycles. The maximum atomic E-state index is 13.8. The predicted molar refractivity (Wildman–Crippen MR) is 133 cm³/mol. The third kappa shape index (κ3) is 3.65. The zero-order valence-electron chi connectivity index (χ0n) is 21.7. The monoisotopic (exact) mass is 510 g/mol. The van der Waals surface area contributed by atoms with E-state index in [4.69, 9.17) is 9.47 Å². The third-order valence-corrected chi connectivity index (χ3v) is 8.57. The molecule has 1 N–H and O–H groups in total. The second-order valence-electron chi connectivity index (χ2n) is 10.4. The quantitative estimate of drug-likeness (QED) is 0.443. The molecule has 2 heterocycles. The number of aromatic hydroxyl groups is 1. The molecule has 1 aromatic rings. The van der Waals surface area contributed by atoms with Crippen molar-refractivity contribution in [3.63, 3.8) is 0 Å². The molecule has 2 saturated heterocycles. The molecule has 198 valence electrons. The Morgan fingerprint density at radius 3 is 1.89 bits per heavy atom. The van der Waals surface area contributed by atoms with Crippen LogP contribution in [0.25, 0.3) is 0 Å². The van der Waals surface area contributed by atoms with Crippen LogP contribution in [0.1, 0.15) is 51.0 Å². The number of phenols is 1. The van der Waals surface area contributed by atoms with Crippen molar-refractivity contribution in [1.82, 2.24) is 9.80 Å². The number of imide groups is 2. The van der Waals surface area contributed by atoms with Crippen LogP contribution in [0.4, 0.5) is 0 Å². The van der Waals surface area contributed by atoms with Crippen LogP contribution < -0.4 is 9.47 Å². The largest absolute Gasteiger partial charge is 0.508 e. The molecule has 6 atom stereocenters.